The summed E-state index contributed by atoms with van der Waals surface area (Å²) in [5, 5.41) is 19.4. The summed E-state index contributed by atoms with van der Waals surface area (Å²) in [5.41, 5.74) is 0.953. The summed E-state index contributed by atoms with van der Waals surface area (Å²) in [6.07, 6.45) is -0.732. The standard InChI is InChI=1S/C45H61Cl2N3O10/c1-26(2)21-35-42(56)58-34(28(4)40(54)39(47)31-17-15-29(16-18-31)24-48-36(51)19-20-38(53)60-44(5,6)7)11-10-12-37(52)50-33(23-30-14-13-27(3)32(46)22-30)41(55)49-25-45(8,9)43(57)59-35/h10,12-18,22,26,28,33-35,39-40,54H,11,19-21,23-25H2,1-9H3,(H,48,51)(H,49,55)(H,50,52)/b12-10+/t28-,33+,34-,35-,39-,40+/m0/s1. The number of halogens is 2. The van der Waals surface area contributed by atoms with Gasteiger partial charge in [0.15, 0.2) is 6.10 Å². The zero-order chi connectivity index (χ0) is 44.9. The Hall–Kier alpha value is -4.46. The average Bonchev–Trinajstić information content (AvgIpc) is 3.16. The number of nitrogens with one attached hydrogen (secondary N) is 3. The number of carbonyl (C=O) groups is 6. The van der Waals surface area contributed by atoms with Gasteiger partial charge in [-0.05, 0) is 88.3 Å². The number of aliphatic hydroxyl groups excluding tert-OH is 1. The molecule has 4 N–H and O–H groups in total. The van der Waals surface area contributed by atoms with Gasteiger partial charge in [0.05, 0.1) is 23.3 Å². The molecule has 330 valence electrons. The highest BCUT2D eigenvalue weighted by molar-refractivity contribution is 6.31. The molecule has 60 heavy (non-hydrogen) atoms. The van der Waals surface area contributed by atoms with Gasteiger partial charge in [-0.2, -0.15) is 0 Å². The number of ether oxygens (including phenoxy) is 3. The SMILES string of the molecule is Cc1ccc(C[C@H]2NC(=O)/C=C/C[C@@H]([C@H](C)[C@@H](O)[C@@H](Cl)c3ccc(CNC(=O)CCC(=O)OC(C)(C)C)cc3)OC(=O)[C@H](CC(C)C)OC(=O)C(C)(C)CNC2=O)cc1Cl. The predicted octanol–water partition coefficient (Wildman–Crippen LogP) is 6.36. The van der Waals surface area contributed by atoms with E-state index in [2.05, 4.69) is 16.0 Å². The van der Waals surface area contributed by atoms with E-state index in [1.54, 1.807) is 71.9 Å². The van der Waals surface area contributed by atoms with Crippen LogP contribution in [0.2, 0.25) is 5.02 Å². The second kappa shape index (κ2) is 22.4. The maximum Gasteiger partial charge on any atom is 0.347 e. The van der Waals surface area contributed by atoms with Crippen LogP contribution in [0.3, 0.4) is 0 Å². The van der Waals surface area contributed by atoms with Gasteiger partial charge in [-0.25, -0.2) is 4.79 Å². The average molecular weight is 875 g/mol. The van der Waals surface area contributed by atoms with Crippen molar-refractivity contribution in [2.24, 2.45) is 17.3 Å². The van der Waals surface area contributed by atoms with E-state index in [1.165, 1.54) is 12.2 Å². The number of alkyl halides is 1. The molecule has 2 aromatic carbocycles. The Kier molecular flexibility index (Phi) is 18.6. The predicted molar refractivity (Wildman–Crippen MR) is 229 cm³/mol. The molecular formula is C45H61Cl2N3O10. The summed E-state index contributed by atoms with van der Waals surface area (Å²) < 4.78 is 17.0. The van der Waals surface area contributed by atoms with Crippen LogP contribution < -0.4 is 16.0 Å². The van der Waals surface area contributed by atoms with Gasteiger partial charge >= 0.3 is 17.9 Å². The maximum atomic E-state index is 13.8. The molecule has 0 radical (unpaired) electrons. The van der Waals surface area contributed by atoms with Crippen molar-refractivity contribution in [3.05, 3.63) is 81.9 Å². The molecule has 6 atom stereocenters. The lowest BCUT2D eigenvalue weighted by Gasteiger charge is -2.32. The van der Waals surface area contributed by atoms with Crippen molar-refractivity contribution in [3.63, 3.8) is 0 Å². The Balaban J connectivity index is 1.82. The van der Waals surface area contributed by atoms with Crippen LogP contribution in [0.25, 0.3) is 0 Å². The summed E-state index contributed by atoms with van der Waals surface area (Å²) >= 11 is 13.2. The van der Waals surface area contributed by atoms with Gasteiger partial charge in [0, 0.05) is 43.3 Å². The fraction of sp³-hybridized carbons (Fsp3) is 0.556. The number of carbonyl (C=O) groups excluding carboxylic acids is 6. The summed E-state index contributed by atoms with van der Waals surface area (Å²) in [5.74, 6) is -4.34. The van der Waals surface area contributed by atoms with Crippen molar-refractivity contribution in [2.45, 2.75) is 136 Å². The third kappa shape index (κ3) is 16.2. The monoisotopic (exact) mass is 873 g/mol. The summed E-state index contributed by atoms with van der Waals surface area (Å²) in [7, 11) is 0. The minimum atomic E-state index is -1.30. The van der Waals surface area contributed by atoms with E-state index in [4.69, 9.17) is 37.4 Å². The molecule has 0 fully saturated rings. The van der Waals surface area contributed by atoms with Gasteiger partial charge in [0.1, 0.15) is 17.7 Å². The third-order valence-electron chi connectivity index (χ3n) is 9.86. The summed E-state index contributed by atoms with van der Waals surface area (Å²) in [4.78, 5) is 78.5. The molecule has 0 aromatic heterocycles. The van der Waals surface area contributed by atoms with Crippen LogP contribution in [0.4, 0.5) is 0 Å². The van der Waals surface area contributed by atoms with Crippen LogP contribution in [0.1, 0.15) is 109 Å². The topological polar surface area (TPSA) is 186 Å². The maximum absolute atomic E-state index is 13.8. The van der Waals surface area contributed by atoms with Crippen molar-refractivity contribution < 1.29 is 48.1 Å². The molecule has 0 saturated heterocycles. The number of rotatable bonds is 13. The van der Waals surface area contributed by atoms with Gasteiger partial charge in [-0.15, -0.1) is 11.6 Å². The second-order valence-corrected chi connectivity index (χ2v) is 18.3. The minimum Gasteiger partial charge on any atom is -0.460 e. The first-order valence-electron chi connectivity index (χ1n) is 20.3. The fourth-order valence-electron chi connectivity index (χ4n) is 6.15. The number of esters is 3. The molecule has 0 saturated carbocycles. The number of aryl methyl sites for hydroxylation is 1. The molecule has 15 heteroatoms. The summed E-state index contributed by atoms with van der Waals surface area (Å²) in [6.45, 7) is 15.7. The van der Waals surface area contributed by atoms with Crippen LogP contribution in [-0.2, 0) is 55.9 Å². The highest BCUT2D eigenvalue weighted by Gasteiger charge is 2.38. The van der Waals surface area contributed by atoms with Gasteiger partial charge in [0.25, 0.3) is 0 Å². The number of hydrogen-bond acceptors (Lipinski definition) is 10. The first-order valence-corrected chi connectivity index (χ1v) is 21.1. The van der Waals surface area contributed by atoms with Crippen molar-refractivity contribution in [3.8, 4) is 0 Å². The molecule has 0 unspecified atom stereocenters. The number of aliphatic hydroxyl groups is 1. The molecule has 0 spiro atoms. The molecule has 1 aliphatic heterocycles. The van der Waals surface area contributed by atoms with E-state index in [1.807, 2.05) is 32.9 Å². The van der Waals surface area contributed by atoms with Crippen molar-refractivity contribution in [2.75, 3.05) is 6.54 Å². The minimum absolute atomic E-state index is 0.0213. The lowest BCUT2D eigenvalue weighted by atomic mass is 9.90. The molecule has 2 aromatic rings. The number of amides is 3. The number of cyclic esters (lactones) is 2. The highest BCUT2D eigenvalue weighted by atomic mass is 35.5. The first kappa shape index (κ1) is 49.9. The van der Waals surface area contributed by atoms with Gasteiger partial charge in [-0.1, -0.05) is 74.8 Å². The Morgan fingerprint density at radius 1 is 1.00 bits per heavy atom. The smallest absolute Gasteiger partial charge is 0.347 e. The van der Waals surface area contributed by atoms with Gasteiger partial charge in [0.2, 0.25) is 17.7 Å². The lowest BCUT2D eigenvalue weighted by molar-refractivity contribution is -0.180. The molecule has 1 aliphatic rings. The molecule has 3 amide bonds. The second-order valence-electron chi connectivity index (χ2n) is 17.4. The Morgan fingerprint density at radius 2 is 1.65 bits per heavy atom. The highest BCUT2D eigenvalue weighted by Crippen LogP contribution is 2.33. The van der Waals surface area contributed by atoms with Crippen LogP contribution in [0.15, 0.2) is 54.6 Å². The van der Waals surface area contributed by atoms with E-state index in [-0.39, 0.29) is 57.0 Å². The van der Waals surface area contributed by atoms with Crippen LogP contribution in [0, 0.1) is 24.2 Å². The molecular weight excluding hydrogens is 813 g/mol. The van der Waals surface area contributed by atoms with Crippen LogP contribution in [-0.4, -0.2) is 77.2 Å². The van der Waals surface area contributed by atoms with E-state index in [0.29, 0.717) is 16.1 Å². The Morgan fingerprint density at radius 3 is 2.27 bits per heavy atom. The van der Waals surface area contributed by atoms with Gasteiger partial charge in [-0.3, -0.25) is 24.0 Å². The van der Waals surface area contributed by atoms with E-state index >= 15 is 0 Å². The van der Waals surface area contributed by atoms with Crippen molar-refractivity contribution in [1.82, 2.24) is 16.0 Å². The van der Waals surface area contributed by atoms with E-state index in [0.717, 1.165) is 11.1 Å². The van der Waals surface area contributed by atoms with Crippen LogP contribution in [0.5, 0.6) is 0 Å². The lowest BCUT2D eigenvalue weighted by Crippen LogP contribution is -2.51. The Labute approximate surface area is 363 Å². The van der Waals surface area contributed by atoms with Crippen LogP contribution >= 0.6 is 23.2 Å². The summed E-state index contributed by atoms with van der Waals surface area (Å²) in [6, 6.07) is 11.2. The van der Waals surface area contributed by atoms with Crippen molar-refractivity contribution >= 4 is 58.8 Å². The van der Waals surface area contributed by atoms with Gasteiger partial charge < -0.3 is 35.3 Å². The molecule has 13 nitrogen and oxygen atoms in total. The molecule has 1 heterocycles. The largest absolute Gasteiger partial charge is 0.460 e. The zero-order valence-corrected chi connectivity index (χ0v) is 37.6. The zero-order valence-electron chi connectivity index (χ0n) is 36.1. The molecule has 0 bridgehead atoms. The number of benzene rings is 2. The first-order chi connectivity index (χ1) is 27.9. The molecule has 0 aliphatic carbocycles. The number of hydrogen-bond donors (Lipinski definition) is 4. The quantitative estimate of drug-likeness (QED) is 0.100. The van der Waals surface area contributed by atoms with E-state index in [9.17, 15) is 33.9 Å². The normalized spacial score (nSPS) is 21.4. The Bertz CT molecular complexity index is 1860. The van der Waals surface area contributed by atoms with Crippen molar-refractivity contribution in [1.29, 1.82) is 0 Å². The third-order valence-corrected chi connectivity index (χ3v) is 10.8. The fourth-order valence-corrected chi connectivity index (χ4v) is 6.72. The molecule has 3 rings (SSSR count). The van der Waals surface area contributed by atoms with E-state index < -0.39 is 76.4 Å².